The Balaban J connectivity index is 2.11. The van der Waals surface area contributed by atoms with Crippen LogP contribution in [0.4, 0.5) is 5.82 Å². The van der Waals surface area contributed by atoms with Crippen LogP contribution in [0.3, 0.4) is 0 Å². The average Bonchev–Trinajstić information content (AvgIpc) is 2.45. The van der Waals surface area contributed by atoms with E-state index in [9.17, 15) is 0 Å². The molecule has 1 aliphatic heterocycles. The van der Waals surface area contributed by atoms with Crippen molar-refractivity contribution in [1.29, 1.82) is 0 Å². The summed E-state index contributed by atoms with van der Waals surface area (Å²) in [5, 5.41) is 0. The van der Waals surface area contributed by atoms with Crippen molar-refractivity contribution in [3.63, 3.8) is 0 Å². The van der Waals surface area contributed by atoms with Gasteiger partial charge in [0, 0.05) is 32.1 Å². The van der Waals surface area contributed by atoms with E-state index < -0.39 is 0 Å². The van der Waals surface area contributed by atoms with E-state index in [1.807, 2.05) is 0 Å². The van der Waals surface area contributed by atoms with Crippen molar-refractivity contribution in [2.45, 2.75) is 32.3 Å². The van der Waals surface area contributed by atoms with Crippen molar-refractivity contribution in [2.24, 2.45) is 5.73 Å². The molecule has 0 radical (unpaired) electrons. The van der Waals surface area contributed by atoms with Gasteiger partial charge in [-0.15, -0.1) is 0 Å². The molecule has 1 aromatic rings. The summed E-state index contributed by atoms with van der Waals surface area (Å²) in [7, 11) is 0. The van der Waals surface area contributed by atoms with Crippen LogP contribution in [0.1, 0.15) is 31.9 Å². The normalized spacial score (nSPS) is 19.4. The summed E-state index contributed by atoms with van der Waals surface area (Å²) in [5.74, 6) is 0.778. The lowest BCUT2D eigenvalue weighted by molar-refractivity contribution is 0.0439. The number of anilines is 1. The topological polar surface area (TPSA) is 64.3 Å². The highest BCUT2D eigenvalue weighted by molar-refractivity contribution is 7.80. The Morgan fingerprint density at radius 2 is 2.32 bits per heavy atom. The number of rotatable bonds is 5. The minimum atomic E-state index is 0.259. The van der Waals surface area contributed by atoms with Crippen LogP contribution >= 0.6 is 12.2 Å². The molecule has 2 N–H and O–H groups in total. The summed E-state index contributed by atoms with van der Waals surface area (Å²) in [6, 6.07) is 0. The van der Waals surface area contributed by atoms with Crippen LogP contribution in [0.2, 0.25) is 0 Å². The largest absolute Gasteiger partial charge is 0.388 e. The van der Waals surface area contributed by atoms with Crippen LogP contribution in [0.5, 0.6) is 0 Å². The first-order valence-electron chi connectivity index (χ1n) is 6.69. The third-order valence-corrected chi connectivity index (χ3v) is 3.34. The number of piperidine rings is 1. The zero-order valence-electron chi connectivity index (χ0n) is 11.2. The Labute approximate surface area is 119 Å². The zero-order valence-corrected chi connectivity index (χ0v) is 12.0. The third kappa shape index (κ3) is 3.61. The van der Waals surface area contributed by atoms with E-state index in [1.165, 1.54) is 0 Å². The van der Waals surface area contributed by atoms with Gasteiger partial charge < -0.3 is 15.4 Å². The van der Waals surface area contributed by atoms with Crippen LogP contribution in [0.15, 0.2) is 12.4 Å². The van der Waals surface area contributed by atoms with Crippen molar-refractivity contribution in [3.8, 4) is 0 Å². The van der Waals surface area contributed by atoms with E-state index in [0.717, 1.165) is 44.8 Å². The third-order valence-electron chi connectivity index (χ3n) is 3.15. The SMILES string of the molecule is CCCOC1CCCN(c2nccnc2C(N)=S)C1. The number of aromatic nitrogens is 2. The minimum absolute atomic E-state index is 0.259. The van der Waals surface area contributed by atoms with Gasteiger partial charge in [-0.05, 0) is 19.3 Å². The molecule has 1 aliphatic rings. The molecule has 1 unspecified atom stereocenters. The van der Waals surface area contributed by atoms with Crippen molar-refractivity contribution in [1.82, 2.24) is 9.97 Å². The molecule has 6 heteroatoms. The summed E-state index contributed by atoms with van der Waals surface area (Å²) < 4.78 is 5.83. The molecule has 5 nitrogen and oxygen atoms in total. The zero-order chi connectivity index (χ0) is 13.7. The van der Waals surface area contributed by atoms with Crippen LogP contribution < -0.4 is 10.6 Å². The Morgan fingerprint density at radius 3 is 3.05 bits per heavy atom. The van der Waals surface area contributed by atoms with E-state index in [1.54, 1.807) is 12.4 Å². The summed E-state index contributed by atoms with van der Waals surface area (Å²) in [6.45, 7) is 4.70. The van der Waals surface area contributed by atoms with Crippen molar-refractivity contribution in [3.05, 3.63) is 18.1 Å². The smallest absolute Gasteiger partial charge is 0.157 e. The highest BCUT2D eigenvalue weighted by Crippen LogP contribution is 2.21. The van der Waals surface area contributed by atoms with Gasteiger partial charge in [0.05, 0.1) is 6.10 Å². The molecule has 1 aromatic heterocycles. The molecule has 0 saturated carbocycles. The summed E-state index contributed by atoms with van der Waals surface area (Å²) in [5.41, 5.74) is 6.31. The lowest BCUT2D eigenvalue weighted by Gasteiger charge is -2.34. The van der Waals surface area contributed by atoms with Gasteiger partial charge in [0.15, 0.2) is 5.82 Å². The molecule has 1 fully saturated rings. The Bertz CT molecular complexity index is 440. The number of ether oxygens (including phenoxy) is 1. The van der Waals surface area contributed by atoms with Crippen LogP contribution in [-0.2, 0) is 4.74 Å². The first-order chi connectivity index (χ1) is 9.22. The number of nitrogens with zero attached hydrogens (tertiary/aromatic N) is 3. The van der Waals surface area contributed by atoms with Gasteiger partial charge in [-0.25, -0.2) is 9.97 Å². The molecule has 1 saturated heterocycles. The van der Waals surface area contributed by atoms with Gasteiger partial charge in [-0.2, -0.15) is 0 Å². The molecular weight excluding hydrogens is 260 g/mol. The molecule has 1 atom stereocenters. The number of hydrogen-bond donors (Lipinski definition) is 1. The predicted octanol–water partition coefficient (Wildman–Crippen LogP) is 1.51. The fraction of sp³-hybridized carbons (Fsp3) is 0.615. The molecule has 0 bridgehead atoms. The van der Waals surface area contributed by atoms with Gasteiger partial charge in [-0.1, -0.05) is 19.1 Å². The summed E-state index contributed by atoms with van der Waals surface area (Å²) >= 11 is 5.04. The minimum Gasteiger partial charge on any atom is -0.388 e. The lowest BCUT2D eigenvalue weighted by Crippen LogP contribution is -2.41. The fourth-order valence-corrected chi connectivity index (χ4v) is 2.43. The molecule has 0 aliphatic carbocycles. The van der Waals surface area contributed by atoms with Gasteiger partial charge in [0.25, 0.3) is 0 Å². The molecule has 19 heavy (non-hydrogen) atoms. The van der Waals surface area contributed by atoms with E-state index in [2.05, 4.69) is 21.8 Å². The number of nitrogens with two attached hydrogens (primary N) is 1. The fourth-order valence-electron chi connectivity index (χ4n) is 2.29. The van der Waals surface area contributed by atoms with E-state index in [-0.39, 0.29) is 6.10 Å². The Morgan fingerprint density at radius 1 is 1.53 bits per heavy atom. The van der Waals surface area contributed by atoms with E-state index in [0.29, 0.717) is 10.7 Å². The van der Waals surface area contributed by atoms with Crippen molar-refractivity contribution in [2.75, 3.05) is 24.6 Å². The summed E-state index contributed by atoms with van der Waals surface area (Å²) in [4.78, 5) is 11.1. The Kier molecular flexibility index (Phi) is 5.04. The lowest BCUT2D eigenvalue weighted by atomic mass is 10.1. The second kappa shape index (κ2) is 6.77. The van der Waals surface area contributed by atoms with Crippen LogP contribution in [-0.4, -0.2) is 40.8 Å². The highest BCUT2D eigenvalue weighted by Gasteiger charge is 2.24. The molecule has 2 rings (SSSR count). The first kappa shape index (κ1) is 14.1. The maximum absolute atomic E-state index is 5.83. The van der Waals surface area contributed by atoms with Crippen molar-refractivity contribution >= 4 is 23.0 Å². The second-order valence-electron chi connectivity index (χ2n) is 4.67. The molecular formula is C13H20N4OS. The average molecular weight is 280 g/mol. The molecule has 104 valence electrons. The standard InChI is InChI=1S/C13H20N4OS/c1-2-8-18-10-4-3-7-17(9-10)13-11(12(14)19)15-5-6-16-13/h5-6,10H,2-4,7-9H2,1H3,(H2,14,19). The molecule has 0 aromatic carbocycles. The summed E-state index contributed by atoms with van der Waals surface area (Å²) in [6.07, 6.45) is 6.77. The highest BCUT2D eigenvalue weighted by atomic mass is 32.1. The van der Waals surface area contributed by atoms with Crippen molar-refractivity contribution < 1.29 is 4.74 Å². The maximum atomic E-state index is 5.83. The Hall–Kier alpha value is -1.27. The van der Waals surface area contributed by atoms with Gasteiger partial charge >= 0.3 is 0 Å². The second-order valence-corrected chi connectivity index (χ2v) is 5.11. The molecule has 2 heterocycles. The van der Waals surface area contributed by atoms with Gasteiger partial charge in [0.2, 0.25) is 0 Å². The molecule has 0 spiro atoms. The number of hydrogen-bond acceptors (Lipinski definition) is 5. The predicted molar refractivity (Wildman–Crippen MR) is 79.4 cm³/mol. The van der Waals surface area contributed by atoms with E-state index in [4.69, 9.17) is 22.7 Å². The first-order valence-corrected chi connectivity index (χ1v) is 7.10. The van der Waals surface area contributed by atoms with Crippen LogP contribution in [0, 0.1) is 0 Å². The van der Waals surface area contributed by atoms with Crippen LogP contribution in [0.25, 0.3) is 0 Å². The quantitative estimate of drug-likeness (QED) is 0.825. The maximum Gasteiger partial charge on any atom is 0.157 e. The monoisotopic (exact) mass is 280 g/mol. The van der Waals surface area contributed by atoms with Gasteiger partial charge in [-0.3, -0.25) is 0 Å². The van der Waals surface area contributed by atoms with Gasteiger partial charge in [0.1, 0.15) is 10.7 Å². The van der Waals surface area contributed by atoms with E-state index >= 15 is 0 Å². The number of thiocarbonyl (C=S) groups is 1. The molecule has 0 amide bonds.